The Balaban J connectivity index is 2.46. The first-order valence-electron chi connectivity index (χ1n) is 5.69. The van der Waals surface area contributed by atoms with Crippen LogP contribution in [-0.2, 0) is 6.42 Å². The van der Waals surface area contributed by atoms with E-state index in [4.69, 9.17) is 17.3 Å². The maximum atomic E-state index is 13.1. The van der Waals surface area contributed by atoms with E-state index in [0.29, 0.717) is 17.2 Å². The molecule has 0 saturated heterocycles. The molecule has 0 bridgehead atoms. The summed E-state index contributed by atoms with van der Waals surface area (Å²) in [6.45, 7) is 2.06. The lowest BCUT2D eigenvalue weighted by Crippen LogP contribution is -2.00. The Morgan fingerprint density at radius 2 is 2.06 bits per heavy atom. The van der Waals surface area contributed by atoms with E-state index in [-0.39, 0.29) is 5.02 Å². The van der Waals surface area contributed by atoms with Crippen LogP contribution in [0.4, 0.5) is 10.2 Å². The van der Waals surface area contributed by atoms with Gasteiger partial charge in [-0.2, -0.15) is 0 Å². The van der Waals surface area contributed by atoms with Gasteiger partial charge in [-0.1, -0.05) is 24.9 Å². The Kier molecular flexibility index (Phi) is 3.77. The van der Waals surface area contributed by atoms with E-state index in [9.17, 15) is 4.39 Å². The summed E-state index contributed by atoms with van der Waals surface area (Å²) in [4.78, 5) is 8.53. The maximum Gasteiger partial charge on any atom is 0.161 e. The normalized spacial score (nSPS) is 10.6. The molecule has 0 saturated carbocycles. The number of aromatic nitrogens is 2. The Labute approximate surface area is 110 Å². The highest BCUT2D eigenvalue weighted by atomic mass is 35.5. The summed E-state index contributed by atoms with van der Waals surface area (Å²) in [7, 11) is 0. The molecule has 2 N–H and O–H groups in total. The van der Waals surface area contributed by atoms with Crippen molar-refractivity contribution in [2.75, 3.05) is 5.73 Å². The van der Waals surface area contributed by atoms with Crippen LogP contribution in [0.1, 0.15) is 19.0 Å². The summed E-state index contributed by atoms with van der Waals surface area (Å²) in [5.74, 6) is 0.419. The summed E-state index contributed by atoms with van der Waals surface area (Å²) in [5.41, 5.74) is 7.27. The Morgan fingerprint density at radius 3 is 2.72 bits per heavy atom. The number of benzene rings is 1. The molecule has 18 heavy (non-hydrogen) atoms. The van der Waals surface area contributed by atoms with Crippen LogP contribution >= 0.6 is 11.6 Å². The van der Waals surface area contributed by atoms with Crippen LogP contribution < -0.4 is 5.73 Å². The zero-order valence-corrected chi connectivity index (χ0v) is 10.7. The SMILES string of the molecule is CCCc1cc(N)nc(-c2ccc(F)c(Cl)c2)n1. The number of aryl methyl sites for hydroxylation is 1. The van der Waals surface area contributed by atoms with Gasteiger partial charge in [0.15, 0.2) is 5.82 Å². The second kappa shape index (κ2) is 5.31. The summed E-state index contributed by atoms with van der Waals surface area (Å²) in [6, 6.07) is 6.13. The van der Waals surface area contributed by atoms with Crippen molar-refractivity contribution in [3.63, 3.8) is 0 Å². The fourth-order valence-electron chi connectivity index (χ4n) is 1.67. The topological polar surface area (TPSA) is 51.8 Å². The minimum absolute atomic E-state index is 0.0515. The molecule has 0 radical (unpaired) electrons. The Hall–Kier alpha value is -1.68. The molecule has 94 valence electrons. The first-order valence-corrected chi connectivity index (χ1v) is 6.07. The molecule has 1 aromatic heterocycles. The standard InChI is InChI=1S/C13H13ClFN3/c1-2-3-9-7-12(16)18-13(17-9)8-4-5-11(15)10(14)6-8/h4-7H,2-3H2,1H3,(H2,16,17,18). The van der Waals surface area contributed by atoms with E-state index in [1.54, 1.807) is 12.1 Å². The van der Waals surface area contributed by atoms with Gasteiger partial charge in [0.1, 0.15) is 11.6 Å². The molecule has 2 rings (SSSR count). The van der Waals surface area contributed by atoms with Crippen LogP contribution in [0.15, 0.2) is 24.3 Å². The second-order valence-electron chi connectivity index (χ2n) is 3.99. The van der Waals surface area contributed by atoms with E-state index in [0.717, 1.165) is 18.5 Å². The summed E-state index contributed by atoms with van der Waals surface area (Å²) < 4.78 is 13.1. The molecular weight excluding hydrogens is 253 g/mol. The number of nitrogens with two attached hydrogens (primary N) is 1. The lowest BCUT2D eigenvalue weighted by atomic mass is 10.2. The third kappa shape index (κ3) is 2.76. The van der Waals surface area contributed by atoms with Crippen molar-refractivity contribution in [1.82, 2.24) is 9.97 Å². The molecule has 3 nitrogen and oxygen atoms in total. The van der Waals surface area contributed by atoms with E-state index >= 15 is 0 Å². The number of halogens is 2. The molecule has 0 unspecified atom stereocenters. The molecule has 0 spiro atoms. The van der Waals surface area contributed by atoms with Gasteiger partial charge < -0.3 is 5.73 Å². The lowest BCUT2D eigenvalue weighted by molar-refractivity contribution is 0.628. The molecule has 0 amide bonds. The van der Waals surface area contributed by atoms with Crippen LogP contribution in [0.3, 0.4) is 0 Å². The quantitative estimate of drug-likeness (QED) is 0.924. The molecule has 0 aliphatic rings. The number of nitrogen functional groups attached to an aromatic ring is 1. The van der Waals surface area contributed by atoms with Crippen molar-refractivity contribution >= 4 is 17.4 Å². The average Bonchev–Trinajstić information content (AvgIpc) is 2.32. The molecule has 0 aliphatic carbocycles. The van der Waals surface area contributed by atoms with Crippen molar-refractivity contribution in [2.45, 2.75) is 19.8 Å². The highest BCUT2D eigenvalue weighted by Crippen LogP contribution is 2.23. The third-order valence-electron chi connectivity index (χ3n) is 2.48. The third-order valence-corrected chi connectivity index (χ3v) is 2.77. The number of hydrogen-bond acceptors (Lipinski definition) is 3. The van der Waals surface area contributed by atoms with E-state index < -0.39 is 5.82 Å². The van der Waals surface area contributed by atoms with Gasteiger partial charge in [-0.3, -0.25) is 0 Å². The zero-order chi connectivity index (χ0) is 13.1. The first-order chi connectivity index (χ1) is 8.60. The van der Waals surface area contributed by atoms with Crippen LogP contribution in [-0.4, -0.2) is 9.97 Å². The van der Waals surface area contributed by atoms with Gasteiger partial charge in [-0.05, 0) is 24.6 Å². The summed E-state index contributed by atoms with van der Waals surface area (Å²) in [5, 5.41) is 0.0515. The number of rotatable bonds is 3. The van der Waals surface area contributed by atoms with Gasteiger partial charge >= 0.3 is 0 Å². The Bertz CT molecular complexity index is 572. The maximum absolute atomic E-state index is 13.1. The minimum atomic E-state index is -0.460. The Morgan fingerprint density at radius 1 is 1.28 bits per heavy atom. The van der Waals surface area contributed by atoms with Gasteiger partial charge in [0, 0.05) is 17.3 Å². The average molecular weight is 266 g/mol. The molecule has 0 atom stereocenters. The summed E-state index contributed by atoms with van der Waals surface area (Å²) in [6.07, 6.45) is 1.80. The predicted molar refractivity (Wildman–Crippen MR) is 70.8 cm³/mol. The highest BCUT2D eigenvalue weighted by Gasteiger charge is 2.08. The second-order valence-corrected chi connectivity index (χ2v) is 4.39. The molecule has 1 heterocycles. The minimum Gasteiger partial charge on any atom is -0.384 e. The van der Waals surface area contributed by atoms with Crippen molar-refractivity contribution in [3.8, 4) is 11.4 Å². The van der Waals surface area contributed by atoms with Crippen molar-refractivity contribution in [3.05, 3.63) is 40.8 Å². The van der Waals surface area contributed by atoms with E-state index in [2.05, 4.69) is 16.9 Å². The smallest absolute Gasteiger partial charge is 0.161 e. The van der Waals surface area contributed by atoms with E-state index in [1.807, 2.05) is 0 Å². The zero-order valence-electron chi connectivity index (χ0n) is 9.95. The monoisotopic (exact) mass is 265 g/mol. The first kappa shape index (κ1) is 12.8. The fraction of sp³-hybridized carbons (Fsp3) is 0.231. The van der Waals surface area contributed by atoms with Gasteiger partial charge in [-0.15, -0.1) is 0 Å². The predicted octanol–water partition coefficient (Wildman–Crippen LogP) is 3.47. The molecule has 0 aliphatic heterocycles. The van der Waals surface area contributed by atoms with Gasteiger partial charge in [0.25, 0.3) is 0 Å². The van der Waals surface area contributed by atoms with Crippen molar-refractivity contribution in [1.29, 1.82) is 0 Å². The fourth-order valence-corrected chi connectivity index (χ4v) is 1.85. The van der Waals surface area contributed by atoms with Crippen molar-refractivity contribution < 1.29 is 4.39 Å². The molecular formula is C13H13ClFN3. The molecule has 5 heteroatoms. The number of nitrogens with zero attached hydrogens (tertiary/aromatic N) is 2. The van der Waals surface area contributed by atoms with Gasteiger partial charge in [0.05, 0.1) is 5.02 Å². The van der Waals surface area contributed by atoms with Gasteiger partial charge in [0.2, 0.25) is 0 Å². The lowest BCUT2D eigenvalue weighted by Gasteiger charge is -2.06. The largest absolute Gasteiger partial charge is 0.384 e. The summed E-state index contributed by atoms with van der Waals surface area (Å²) >= 11 is 5.74. The molecule has 0 fully saturated rings. The van der Waals surface area contributed by atoms with Gasteiger partial charge in [-0.25, -0.2) is 14.4 Å². The molecule has 1 aromatic carbocycles. The number of anilines is 1. The van der Waals surface area contributed by atoms with Crippen molar-refractivity contribution in [2.24, 2.45) is 0 Å². The van der Waals surface area contributed by atoms with Crippen LogP contribution in [0, 0.1) is 5.82 Å². The van der Waals surface area contributed by atoms with Crippen LogP contribution in [0.2, 0.25) is 5.02 Å². The van der Waals surface area contributed by atoms with E-state index in [1.165, 1.54) is 12.1 Å². The van der Waals surface area contributed by atoms with Crippen LogP contribution in [0.5, 0.6) is 0 Å². The molecule has 2 aromatic rings. The highest BCUT2D eigenvalue weighted by molar-refractivity contribution is 6.31. The number of hydrogen-bond donors (Lipinski definition) is 1. The van der Waals surface area contributed by atoms with Crippen LogP contribution in [0.25, 0.3) is 11.4 Å².